The fraction of sp³-hybridized carbons (Fsp3) is 0.889. The van der Waals surface area contributed by atoms with Crippen LogP contribution in [0.15, 0.2) is 0 Å². The van der Waals surface area contributed by atoms with E-state index in [1.165, 1.54) is 0 Å². The molecule has 0 atom stereocenters. The summed E-state index contributed by atoms with van der Waals surface area (Å²) in [5, 5.41) is 0. The van der Waals surface area contributed by atoms with Gasteiger partial charge in [-0.3, -0.25) is 4.79 Å². The third kappa shape index (κ3) is 9.70. The third-order valence-corrected chi connectivity index (χ3v) is 2.49. The fourth-order valence-corrected chi connectivity index (χ4v) is 1.48. The van der Waals surface area contributed by atoms with Crippen LogP contribution in [0.1, 0.15) is 26.2 Å². The molecule has 78 valence electrons. The van der Waals surface area contributed by atoms with Gasteiger partial charge in [-0.05, 0) is 25.1 Å². The predicted octanol–water partition coefficient (Wildman–Crippen LogP) is 1.41. The molecule has 0 rings (SSSR count). The lowest BCUT2D eigenvalue weighted by molar-refractivity contribution is -0.140. The quantitative estimate of drug-likeness (QED) is 0.481. The number of carbonyl (C=O) groups excluding carboxylic acids is 1. The number of hydrogen-bond acceptors (Lipinski definition) is 4. The smallest absolute Gasteiger partial charge is 0.315 e. The second-order valence-electron chi connectivity index (χ2n) is 2.77. The Labute approximate surface area is 84.4 Å². The first-order valence-corrected chi connectivity index (χ1v) is 5.90. The van der Waals surface area contributed by atoms with Crippen molar-refractivity contribution in [1.29, 1.82) is 0 Å². The van der Waals surface area contributed by atoms with Crippen LogP contribution in [0.3, 0.4) is 0 Å². The second kappa shape index (κ2) is 9.86. The minimum Gasteiger partial charge on any atom is -0.465 e. The molecule has 0 unspecified atom stereocenters. The van der Waals surface area contributed by atoms with Crippen molar-refractivity contribution in [2.75, 3.05) is 24.7 Å². The molecule has 0 aromatic heterocycles. The van der Waals surface area contributed by atoms with Gasteiger partial charge in [0.2, 0.25) is 0 Å². The Hall–Kier alpha value is -0.220. The number of thioether (sulfide) groups is 1. The van der Waals surface area contributed by atoms with Gasteiger partial charge in [0.1, 0.15) is 0 Å². The molecular formula is C9H19NO2S. The third-order valence-electron chi connectivity index (χ3n) is 1.47. The molecule has 0 aromatic carbocycles. The highest BCUT2D eigenvalue weighted by Crippen LogP contribution is 2.02. The van der Waals surface area contributed by atoms with Gasteiger partial charge in [0.15, 0.2) is 0 Å². The maximum absolute atomic E-state index is 11.0. The first-order valence-electron chi connectivity index (χ1n) is 4.74. The van der Waals surface area contributed by atoms with E-state index >= 15 is 0 Å². The number of carbonyl (C=O) groups is 1. The summed E-state index contributed by atoms with van der Waals surface area (Å²) in [4.78, 5) is 11.0. The minimum atomic E-state index is -0.101. The van der Waals surface area contributed by atoms with E-state index in [0.29, 0.717) is 18.9 Å². The summed E-state index contributed by atoms with van der Waals surface area (Å²) in [6.45, 7) is 3.33. The zero-order valence-electron chi connectivity index (χ0n) is 8.25. The van der Waals surface area contributed by atoms with Crippen molar-refractivity contribution in [3.8, 4) is 0 Å². The van der Waals surface area contributed by atoms with E-state index in [2.05, 4.69) is 6.92 Å². The molecule has 0 aliphatic rings. The summed E-state index contributed by atoms with van der Waals surface area (Å²) in [5.74, 6) is 1.30. The van der Waals surface area contributed by atoms with Crippen LogP contribution in [-0.4, -0.2) is 30.6 Å². The van der Waals surface area contributed by atoms with Gasteiger partial charge in [-0.1, -0.05) is 13.3 Å². The molecule has 0 radical (unpaired) electrons. The number of unbranched alkanes of at least 4 members (excludes halogenated alkanes) is 1. The molecule has 0 heterocycles. The Morgan fingerprint density at radius 3 is 2.85 bits per heavy atom. The molecule has 13 heavy (non-hydrogen) atoms. The molecule has 0 amide bonds. The Bertz CT molecular complexity index is 131. The van der Waals surface area contributed by atoms with Crippen LogP contribution in [0.25, 0.3) is 0 Å². The molecule has 0 saturated heterocycles. The molecule has 0 fully saturated rings. The summed E-state index contributed by atoms with van der Waals surface area (Å²) in [6.07, 6.45) is 2.99. The maximum atomic E-state index is 11.0. The van der Waals surface area contributed by atoms with Crippen molar-refractivity contribution >= 4 is 17.7 Å². The van der Waals surface area contributed by atoms with Gasteiger partial charge in [0, 0.05) is 0 Å². The average Bonchev–Trinajstić information content (AvgIpc) is 2.13. The fourth-order valence-electron chi connectivity index (χ4n) is 0.713. The van der Waals surface area contributed by atoms with Gasteiger partial charge in [-0.15, -0.1) is 0 Å². The number of esters is 1. The number of ether oxygens (including phenoxy) is 1. The Kier molecular flexibility index (Phi) is 9.70. The minimum absolute atomic E-state index is 0.101. The Morgan fingerprint density at radius 1 is 1.46 bits per heavy atom. The van der Waals surface area contributed by atoms with Crippen molar-refractivity contribution in [2.45, 2.75) is 26.2 Å². The summed E-state index contributed by atoms with van der Waals surface area (Å²) >= 11 is 1.59. The highest BCUT2D eigenvalue weighted by atomic mass is 32.2. The largest absolute Gasteiger partial charge is 0.465 e. The predicted molar refractivity (Wildman–Crippen MR) is 56.9 cm³/mol. The number of hydrogen-bond donors (Lipinski definition) is 1. The van der Waals surface area contributed by atoms with Crippen molar-refractivity contribution in [3.05, 3.63) is 0 Å². The average molecular weight is 205 g/mol. The van der Waals surface area contributed by atoms with Crippen LogP contribution in [0.4, 0.5) is 0 Å². The van der Waals surface area contributed by atoms with Gasteiger partial charge in [0.25, 0.3) is 0 Å². The molecule has 0 aliphatic heterocycles. The lowest BCUT2D eigenvalue weighted by Gasteiger charge is -2.02. The first-order chi connectivity index (χ1) is 6.31. The van der Waals surface area contributed by atoms with E-state index in [0.717, 1.165) is 25.0 Å². The number of nitrogens with two attached hydrogens (primary N) is 1. The molecule has 0 aliphatic carbocycles. The van der Waals surface area contributed by atoms with Gasteiger partial charge >= 0.3 is 5.97 Å². The molecule has 3 nitrogen and oxygen atoms in total. The number of rotatable bonds is 8. The Balaban J connectivity index is 3.11. The van der Waals surface area contributed by atoms with E-state index in [1.54, 1.807) is 11.8 Å². The van der Waals surface area contributed by atoms with Crippen LogP contribution in [0.5, 0.6) is 0 Å². The molecule has 0 aromatic rings. The van der Waals surface area contributed by atoms with Gasteiger partial charge < -0.3 is 10.5 Å². The maximum Gasteiger partial charge on any atom is 0.315 e. The molecular weight excluding hydrogens is 186 g/mol. The summed E-state index contributed by atoms with van der Waals surface area (Å²) in [7, 11) is 0. The van der Waals surface area contributed by atoms with Gasteiger partial charge in [-0.2, -0.15) is 11.8 Å². The van der Waals surface area contributed by atoms with Crippen molar-refractivity contribution < 1.29 is 9.53 Å². The molecule has 2 N–H and O–H groups in total. The molecule has 0 spiro atoms. The Morgan fingerprint density at radius 2 is 2.23 bits per heavy atom. The van der Waals surface area contributed by atoms with E-state index in [4.69, 9.17) is 10.5 Å². The highest BCUT2D eigenvalue weighted by molar-refractivity contribution is 7.99. The second-order valence-corrected chi connectivity index (χ2v) is 3.87. The van der Waals surface area contributed by atoms with E-state index < -0.39 is 0 Å². The zero-order chi connectivity index (χ0) is 9.94. The zero-order valence-corrected chi connectivity index (χ0v) is 9.07. The van der Waals surface area contributed by atoms with E-state index in [-0.39, 0.29) is 5.97 Å². The van der Waals surface area contributed by atoms with Crippen molar-refractivity contribution in [1.82, 2.24) is 0 Å². The summed E-state index contributed by atoms with van der Waals surface area (Å²) < 4.78 is 4.97. The van der Waals surface area contributed by atoms with Crippen LogP contribution >= 0.6 is 11.8 Å². The molecule has 0 bridgehead atoms. The first kappa shape index (κ1) is 12.8. The van der Waals surface area contributed by atoms with Crippen LogP contribution in [0, 0.1) is 0 Å². The highest BCUT2D eigenvalue weighted by Gasteiger charge is 2.01. The van der Waals surface area contributed by atoms with E-state index in [1.807, 2.05) is 0 Å². The summed E-state index contributed by atoms with van der Waals surface area (Å²) in [6, 6.07) is 0. The lowest BCUT2D eigenvalue weighted by Crippen LogP contribution is -2.09. The molecule has 0 saturated carbocycles. The van der Waals surface area contributed by atoms with Crippen LogP contribution in [-0.2, 0) is 9.53 Å². The normalized spacial score (nSPS) is 10.0. The lowest BCUT2D eigenvalue weighted by atomic mass is 10.4. The SMILES string of the molecule is CCCCOC(=O)CSCCCN. The van der Waals surface area contributed by atoms with Gasteiger partial charge in [-0.25, -0.2) is 0 Å². The summed E-state index contributed by atoms with van der Waals surface area (Å²) in [5.41, 5.74) is 5.31. The standard InChI is InChI=1S/C9H19NO2S/c1-2-3-6-12-9(11)8-13-7-4-5-10/h2-8,10H2,1H3. The van der Waals surface area contributed by atoms with Gasteiger partial charge in [0.05, 0.1) is 12.4 Å². The topological polar surface area (TPSA) is 52.3 Å². The van der Waals surface area contributed by atoms with Crippen molar-refractivity contribution in [2.24, 2.45) is 5.73 Å². The van der Waals surface area contributed by atoms with E-state index in [9.17, 15) is 4.79 Å². The molecule has 4 heteroatoms. The van der Waals surface area contributed by atoms with Crippen molar-refractivity contribution in [3.63, 3.8) is 0 Å². The van der Waals surface area contributed by atoms with Crippen LogP contribution < -0.4 is 5.73 Å². The van der Waals surface area contributed by atoms with Crippen LogP contribution in [0.2, 0.25) is 0 Å². The monoisotopic (exact) mass is 205 g/mol.